The largest absolute Gasteiger partial charge is 0.459 e. The second kappa shape index (κ2) is 8.36. The van der Waals surface area contributed by atoms with Crippen LogP contribution < -0.4 is 10.6 Å². The van der Waals surface area contributed by atoms with Crippen LogP contribution in [0.1, 0.15) is 36.0 Å². The SMILES string of the molecule is C[C@H](NC(=O)[C@@H](C)NC(=O)c1ccco1)c1ccc(-c2ccccc2)cc1. The van der Waals surface area contributed by atoms with Crippen molar-refractivity contribution in [3.8, 4) is 11.1 Å². The molecule has 0 aliphatic rings. The lowest BCUT2D eigenvalue weighted by Crippen LogP contribution is -2.45. The molecular weight excluding hydrogens is 340 g/mol. The number of amides is 2. The van der Waals surface area contributed by atoms with Crippen LogP contribution in [0, 0.1) is 0 Å². The van der Waals surface area contributed by atoms with Crippen molar-refractivity contribution in [1.29, 1.82) is 0 Å². The van der Waals surface area contributed by atoms with Crippen molar-refractivity contribution >= 4 is 11.8 Å². The van der Waals surface area contributed by atoms with Crippen LogP contribution in [0.3, 0.4) is 0 Å². The van der Waals surface area contributed by atoms with Crippen molar-refractivity contribution in [3.05, 3.63) is 84.3 Å². The maximum atomic E-state index is 12.4. The van der Waals surface area contributed by atoms with Crippen LogP contribution in [-0.4, -0.2) is 17.9 Å². The summed E-state index contributed by atoms with van der Waals surface area (Å²) in [6.07, 6.45) is 1.42. The van der Waals surface area contributed by atoms with Crippen LogP contribution >= 0.6 is 0 Å². The van der Waals surface area contributed by atoms with Gasteiger partial charge in [-0.15, -0.1) is 0 Å². The average molecular weight is 362 g/mol. The Labute approximate surface area is 158 Å². The van der Waals surface area contributed by atoms with Gasteiger partial charge in [-0.3, -0.25) is 9.59 Å². The van der Waals surface area contributed by atoms with Gasteiger partial charge in [0.25, 0.3) is 5.91 Å². The van der Waals surface area contributed by atoms with Crippen LogP contribution in [-0.2, 0) is 4.79 Å². The summed E-state index contributed by atoms with van der Waals surface area (Å²) in [6.45, 7) is 3.55. The zero-order valence-electron chi connectivity index (χ0n) is 15.3. The van der Waals surface area contributed by atoms with E-state index in [0.717, 1.165) is 16.7 Å². The summed E-state index contributed by atoms with van der Waals surface area (Å²) in [7, 11) is 0. The summed E-state index contributed by atoms with van der Waals surface area (Å²) in [4.78, 5) is 24.3. The molecule has 0 aliphatic heterocycles. The third-order valence-electron chi connectivity index (χ3n) is 4.36. The Morgan fingerprint density at radius 1 is 0.815 bits per heavy atom. The number of nitrogens with one attached hydrogen (secondary N) is 2. The topological polar surface area (TPSA) is 71.3 Å². The molecule has 0 saturated heterocycles. The second-order valence-electron chi connectivity index (χ2n) is 6.39. The highest BCUT2D eigenvalue weighted by Crippen LogP contribution is 2.21. The molecule has 2 atom stereocenters. The fourth-order valence-corrected chi connectivity index (χ4v) is 2.76. The molecule has 2 aromatic carbocycles. The third-order valence-corrected chi connectivity index (χ3v) is 4.36. The van der Waals surface area contributed by atoms with Gasteiger partial charge in [0.05, 0.1) is 12.3 Å². The maximum absolute atomic E-state index is 12.4. The van der Waals surface area contributed by atoms with Gasteiger partial charge in [0.2, 0.25) is 5.91 Å². The Bertz CT molecular complexity index is 887. The van der Waals surface area contributed by atoms with E-state index in [-0.39, 0.29) is 17.7 Å². The Hall–Kier alpha value is -3.34. The summed E-state index contributed by atoms with van der Waals surface area (Å²) in [5.41, 5.74) is 3.26. The molecule has 0 saturated carbocycles. The highest BCUT2D eigenvalue weighted by molar-refractivity contribution is 5.95. The molecule has 5 heteroatoms. The molecule has 0 radical (unpaired) electrons. The Balaban J connectivity index is 1.58. The molecule has 3 rings (SSSR count). The Kier molecular flexibility index (Phi) is 5.71. The molecule has 27 heavy (non-hydrogen) atoms. The Morgan fingerprint density at radius 2 is 1.48 bits per heavy atom. The lowest BCUT2D eigenvalue weighted by molar-refractivity contribution is -0.123. The van der Waals surface area contributed by atoms with Gasteiger partial charge < -0.3 is 15.1 Å². The summed E-state index contributed by atoms with van der Waals surface area (Å²) < 4.78 is 5.03. The standard InChI is InChI=1S/C22H22N2O3/c1-15(17-10-12-19(13-11-17)18-7-4-3-5-8-18)23-21(25)16(2)24-22(26)20-9-6-14-27-20/h3-16H,1-2H3,(H,23,25)(H,24,26)/t15-,16+/m0/s1. The first-order valence-corrected chi connectivity index (χ1v) is 8.84. The first-order valence-electron chi connectivity index (χ1n) is 8.84. The molecule has 2 amide bonds. The quantitative estimate of drug-likeness (QED) is 0.698. The van der Waals surface area contributed by atoms with Gasteiger partial charge >= 0.3 is 0 Å². The van der Waals surface area contributed by atoms with E-state index in [1.807, 2.05) is 49.4 Å². The summed E-state index contributed by atoms with van der Waals surface area (Å²) in [5, 5.41) is 5.55. The molecule has 1 aromatic heterocycles. The molecule has 2 N–H and O–H groups in total. The number of hydrogen-bond acceptors (Lipinski definition) is 3. The molecule has 138 valence electrons. The van der Waals surface area contributed by atoms with Crippen molar-refractivity contribution < 1.29 is 14.0 Å². The lowest BCUT2D eigenvalue weighted by atomic mass is 10.0. The van der Waals surface area contributed by atoms with Gasteiger partial charge in [0, 0.05) is 0 Å². The highest BCUT2D eigenvalue weighted by atomic mass is 16.3. The monoisotopic (exact) mass is 362 g/mol. The molecule has 0 spiro atoms. The van der Waals surface area contributed by atoms with Crippen molar-refractivity contribution in [1.82, 2.24) is 10.6 Å². The van der Waals surface area contributed by atoms with Crippen LogP contribution in [0.2, 0.25) is 0 Å². The van der Waals surface area contributed by atoms with Gasteiger partial charge in [-0.2, -0.15) is 0 Å². The van der Waals surface area contributed by atoms with Crippen molar-refractivity contribution in [3.63, 3.8) is 0 Å². The molecular formula is C22H22N2O3. The number of hydrogen-bond donors (Lipinski definition) is 2. The normalized spacial score (nSPS) is 12.8. The minimum Gasteiger partial charge on any atom is -0.459 e. The third kappa shape index (κ3) is 4.64. The molecule has 0 bridgehead atoms. The lowest BCUT2D eigenvalue weighted by Gasteiger charge is -2.19. The number of rotatable bonds is 6. The van der Waals surface area contributed by atoms with Gasteiger partial charge in [0.1, 0.15) is 6.04 Å². The fourth-order valence-electron chi connectivity index (χ4n) is 2.76. The van der Waals surface area contributed by atoms with Crippen LogP contribution in [0.15, 0.2) is 77.4 Å². The number of carbonyl (C=O) groups is 2. The fraction of sp³-hybridized carbons (Fsp3) is 0.182. The van der Waals surface area contributed by atoms with E-state index in [2.05, 4.69) is 22.8 Å². The van der Waals surface area contributed by atoms with E-state index in [1.165, 1.54) is 6.26 Å². The predicted molar refractivity (Wildman–Crippen MR) is 104 cm³/mol. The molecule has 1 heterocycles. The maximum Gasteiger partial charge on any atom is 0.287 e. The van der Waals surface area contributed by atoms with Crippen LogP contribution in [0.5, 0.6) is 0 Å². The highest BCUT2D eigenvalue weighted by Gasteiger charge is 2.20. The summed E-state index contributed by atoms with van der Waals surface area (Å²) >= 11 is 0. The minimum atomic E-state index is -0.673. The van der Waals surface area contributed by atoms with Crippen LogP contribution in [0.25, 0.3) is 11.1 Å². The summed E-state index contributed by atoms with van der Waals surface area (Å²) in [5.74, 6) is -0.490. The molecule has 3 aromatic rings. The average Bonchev–Trinajstić information content (AvgIpc) is 3.23. The van der Waals surface area contributed by atoms with Crippen molar-refractivity contribution in [2.24, 2.45) is 0 Å². The molecule has 0 aliphatic carbocycles. The number of carbonyl (C=O) groups excluding carboxylic acids is 2. The van der Waals surface area contributed by atoms with Crippen LogP contribution in [0.4, 0.5) is 0 Å². The Morgan fingerprint density at radius 3 is 2.11 bits per heavy atom. The van der Waals surface area contributed by atoms with E-state index in [0.29, 0.717) is 0 Å². The zero-order valence-corrected chi connectivity index (χ0v) is 15.3. The van der Waals surface area contributed by atoms with Gasteiger partial charge in [-0.1, -0.05) is 54.6 Å². The first kappa shape index (κ1) is 18.5. The zero-order chi connectivity index (χ0) is 19.2. The van der Waals surface area contributed by atoms with E-state index >= 15 is 0 Å². The van der Waals surface area contributed by atoms with Crippen molar-refractivity contribution in [2.75, 3.05) is 0 Å². The smallest absolute Gasteiger partial charge is 0.287 e. The van der Waals surface area contributed by atoms with Gasteiger partial charge in [-0.05, 0) is 42.7 Å². The number of benzene rings is 2. The second-order valence-corrected chi connectivity index (χ2v) is 6.39. The van der Waals surface area contributed by atoms with E-state index in [4.69, 9.17) is 4.42 Å². The van der Waals surface area contributed by atoms with E-state index in [1.54, 1.807) is 19.1 Å². The van der Waals surface area contributed by atoms with Gasteiger partial charge in [-0.25, -0.2) is 0 Å². The van der Waals surface area contributed by atoms with E-state index in [9.17, 15) is 9.59 Å². The molecule has 5 nitrogen and oxygen atoms in total. The predicted octanol–water partition coefficient (Wildman–Crippen LogP) is 3.94. The minimum absolute atomic E-state index is 0.176. The number of furan rings is 1. The van der Waals surface area contributed by atoms with E-state index < -0.39 is 11.9 Å². The molecule has 0 unspecified atom stereocenters. The first-order chi connectivity index (χ1) is 13.0. The van der Waals surface area contributed by atoms with Crippen molar-refractivity contribution in [2.45, 2.75) is 25.9 Å². The summed E-state index contributed by atoms with van der Waals surface area (Å²) in [6, 6.07) is 20.5. The molecule has 0 fully saturated rings. The van der Waals surface area contributed by atoms with Gasteiger partial charge in [0.15, 0.2) is 5.76 Å².